The molecule has 10 nitrogen and oxygen atoms in total. The Morgan fingerprint density at radius 3 is 1.96 bits per heavy atom. The summed E-state index contributed by atoms with van der Waals surface area (Å²) in [4.78, 5) is 32.8. The Hall–Kier alpha value is -2.95. The van der Waals surface area contributed by atoms with Crippen LogP contribution in [0.15, 0.2) is 36.4 Å². The summed E-state index contributed by atoms with van der Waals surface area (Å²) in [6.07, 6.45) is 0.254. The zero-order valence-electron chi connectivity index (χ0n) is 15.6. The molecule has 0 bridgehead atoms. The zero-order chi connectivity index (χ0) is 21.7. The highest BCUT2D eigenvalue weighted by Crippen LogP contribution is 2.13. The number of hydrogen-bond donors (Lipinski definition) is 6. The molecule has 0 aliphatic heterocycles. The molecule has 1 atom stereocenters. The molecular formula is C18H26N2O8. The van der Waals surface area contributed by atoms with Crippen molar-refractivity contribution in [1.82, 2.24) is 4.90 Å². The first-order valence-corrected chi connectivity index (χ1v) is 8.31. The number of phenols is 1. The fourth-order valence-corrected chi connectivity index (χ4v) is 1.86. The number of amides is 1. The number of aliphatic carboxylic acids is 2. The lowest BCUT2D eigenvalue weighted by Crippen LogP contribution is -2.43. The maximum atomic E-state index is 11.9. The molecule has 0 saturated heterocycles. The second-order valence-electron chi connectivity index (χ2n) is 5.96. The van der Waals surface area contributed by atoms with Gasteiger partial charge in [-0.1, -0.05) is 0 Å². The number of aromatic hydroxyl groups is 1. The summed E-state index contributed by atoms with van der Waals surface area (Å²) in [6.45, 7) is 3.85. The van der Waals surface area contributed by atoms with Gasteiger partial charge < -0.3 is 30.8 Å². The first kappa shape index (κ1) is 25.1. The van der Waals surface area contributed by atoms with Crippen molar-refractivity contribution in [2.45, 2.75) is 26.0 Å². The molecule has 0 aliphatic carbocycles. The van der Waals surface area contributed by atoms with Crippen LogP contribution in [0, 0.1) is 0 Å². The van der Waals surface area contributed by atoms with Gasteiger partial charge in [0, 0.05) is 30.4 Å². The molecule has 1 unspecified atom stereocenters. The topological polar surface area (TPSA) is 168 Å². The van der Waals surface area contributed by atoms with Gasteiger partial charge in [-0.25, -0.2) is 9.59 Å². The minimum absolute atomic E-state index is 0.0711. The molecule has 0 fully saturated rings. The minimum atomic E-state index is -1.26. The van der Waals surface area contributed by atoms with Gasteiger partial charge in [-0.15, -0.1) is 0 Å². The van der Waals surface area contributed by atoms with E-state index in [4.69, 9.17) is 20.4 Å². The quantitative estimate of drug-likeness (QED) is 0.250. The molecule has 1 amide bonds. The van der Waals surface area contributed by atoms with Crippen molar-refractivity contribution in [2.75, 3.05) is 25.0 Å². The van der Waals surface area contributed by atoms with E-state index in [-0.39, 0.29) is 37.4 Å². The smallest absolute Gasteiger partial charge is 0.328 e. The van der Waals surface area contributed by atoms with Gasteiger partial charge in [0.1, 0.15) is 5.75 Å². The van der Waals surface area contributed by atoms with E-state index < -0.39 is 18.0 Å². The van der Waals surface area contributed by atoms with Crippen LogP contribution in [0.3, 0.4) is 0 Å². The summed E-state index contributed by atoms with van der Waals surface area (Å²) in [6, 6.07) is 6.27. The third-order valence-electron chi connectivity index (χ3n) is 3.25. The summed E-state index contributed by atoms with van der Waals surface area (Å²) in [5.41, 5.74) is 0.596. The predicted molar refractivity (Wildman–Crippen MR) is 101 cm³/mol. The van der Waals surface area contributed by atoms with Gasteiger partial charge in [-0.3, -0.25) is 9.69 Å². The monoisotopic (exact) mass is 398 g/mol. The fourth-order valence-electron chi connectivity index (χ4n) is 1.86. The Labute approximate surface area is 162 Å². The molecule has 0 heterocycles. The number of carboxylic acid groups (broad SMARTS) is 2. The second kappa shape index (κ2) is 13.3. The van der Waals surface area contributed by atoms with Crippen LogP contribution in [0.1, 0.15) is 13.8 Å². The standard InChI is InChI=1S/C14H22N2O4.C4H4O4/c1-10(2)16(7-13(19)9-17)8-14(20)15-11-3-5-12(18)6-4-11;5-3(6)1-2-4(7)8/h3-6,10,13,17-19H,7-9H2,1-2H3,(H,15,20);1-2H,(H,5,6)(H,7,8)/b;2-1-. The Balaban J connectivity index is 0.000000769. The molecule has 1 rings (SSSR count). The van der Waals surface area contributed by atoms with Crippen molar-refractivity contribution >= 4 is 23.5 Å². The van der Waals surface area contributed by atoms with Gasteiger partial charge >= 0.3 is 11.9 Å². The van der Waals surface area contributed by atoms with Crippen LogP contribution in [-0.4, -0.2) is 80.1 Å². The zero-order valence-corrected chi connectivity index (χ0v) is 15.6. The summed E-state index contributed by atoms with van der Waals surface area (Å²) < 4.78 is 0. The van der Waals surface area contributed by atoms with Crippen LogP contribution in [0.25, 0.3) is 0 Å². The minimum Gasteiger partial charge on any atom is -0.508 e. The number of aliphatic hydroxyl groups excluding tert-OH is 2. The van der Waals surface area contributed by atoms with Crippen molar-refractivity contribution in [1.29, 1.82) is 0 Å². The summed E-state index contributed by atoms with van der Waals surface area (Å²) in [5.74, 6) is -2.59. The van der Waals surface area contributed by atoms with Crippen molar-refractivity contribution in [3.63, 3.8) is 0 Å². The highest BCUT2D eigenvalue weighted by molar-refractivity contribution is 5.92. The number of benzene rings is 1. The second-order valence-corrected chi connectivity index (χ2v) is 5.96. The third-order valence-corrected chi connectivity index (χ3v) is 3.25. The van der Waals surface area contributed by atoms with Crippen molar-refractivity contribution in [3.8, 4) is 5.75 Å². The summed E-state index contributed by atoms with van der Waals surface area (Å²) in [7, 11) is 0. The average molecular weight is 398 g/mol. The lowest BCUT2D eigenvalue weighted by atomic mass is 10.2. The third kappa shape index (κ3) is 12.4. The lowest BCUT2D eigenvalue weighted by Gasteiger charge is -2.27. The van der Waals surface area contributed by atoms with Crippen molar-refractivity contribution < 1.29 is 39.9 Å². The van der Waals surface area contributed by atoms with Gasteiger partial charge in [0.2, 0.25) is 5.91 Å². The van der Waals surface area contributed by atoms with Crippen molar-refractivity contribution in [2.24, 2.45) is 0 Å². The van der Waals surface area contributed by atoms with E-state index in [0.29, 0.717) is 17.8 Å². The maximum Gasteiger partial charge on any atom is 0.328 e. The Morgan fingerprint density at radius 1 is 1.07 bits per heavy atom. The van der Waals surface area contributed by atoms with E-state index in [1.165, 1.54) is 12.1 Å². The molecule has 6 N–H and O–H groups in total. The molecule has 1 aromatic rings. The molecule has 0 aliphatic rings. The summed E-state index contributed by atoms with van der Waals surface area (Å²) >= 11 is 0. The van der Waals surface area contributed by atoms with Gasteiger partial charge in [0.15, 0.2) is 0 Å². The highest BCUT2D eigenvalue weighted by Gasteiger charge is 2.17. The predicted octanol–water partition coefficient (Wildman–Crippen LogP) is 0.106. The molecule has 0 spiro atoms. The molecule has 28 heavy (non-hydrogen) atoms. The normalized spacial score (nSPS) is 11.8. The number of nitrogens with one attached hydrogen (secondary N) is 1. The van der Waals surface area contributed by atoms with E-state index in [2.05, 4.69) is 5.32 Å². The number of phenolic OH excluding ortho intramolecular Hbond substituents is 1. The molecule has 0 aromatic heterocycles. The number of rotatable bonds is 9. The first-order chi connectivity index (χ1) is 13.0. The van der Waals surface area contributed by atoms with Crippen LogP contribution in [0.4, 0.5) is 5.69 Å². The number of anilines is 1. The Morgan fingerprint density at radius 2 is 1.57 bits per heavy atom. The number of carbonyl (C=O) groups excluding carboxylic acids is 1. The first-order valence-electron chi connectivity index (χ1n) is 8.31. The van der Waals surface area contributed by atoms with Crippen LogP contribution in [0.2, 0.25) is 0 Å². The number of nitrogens with zero attached hydrogens (tertiary/aromatic N) is 1. The molecular weight excluding hydrogens is 372 g/mol. The van der Waals surface area contributed by atoms with Crippen LogP contribution >= 0.6 is 0 Å². The van der Waals surface area contributed by atoms with Gasteiger partial charge in [0.25, 0.3) is 0 Å². The van der Waals surface area contributed by atoms with Crippen LogP contribution in [-0.2, 0) is 14.4 Å². The lowest BCUT2D eigenvalue weighted by molar-refractivity contribution is -0.134. The Kier molecular flexibility index (Phi) is 11.9. The van der Waals surface area contributed by atoms with Gasteiger partial charge in [-0.05, 0) is 38.1 Å². The van der Waals surface area contributed by atoms with E-state index in [9.17, 15) is 19.5 Å². The molecule has 0 radical (unpaired) electrons. The average Bonchev–Trinajstić information content (AvgIpc) is 2.61. The van der Waals surface area contributed by atoms with Crippen LogP contribution in [0.5, 0.6) is 5.75 Å². The van der Waals surface area contributed by atoms with Gasteiger partial charge in [-0.2, -0.15) is 0 Å². The maximum absolute atomic E-state index is 11.9. The van der Waals surface area contributed by atoms with Crippen LogP contribution < -0.4 is 5.32 Å². The molecule has 156 valence electrons. The summed E-state index contributed by atoms with van der Waals surface area (Å²) in [5, 5.41) is 45.8. The van der Waals surface area contributed by atoms with Gasteiger partial charge in [0.05, 0.1) is 19.3 Å². The molecule has 1 aromatic carbocycles. The largest absolute Gasteiger partial charge is 0.508 e. The van der Waals surface area contributed by atoms with Crippen molar-refractivity contribution in [3.05, 3.63) is 36.4 Å². The molecule has 10 heteroatoms. The molecule has 0 saturated carbocycles. The van der Waals surface area contributed by atoms with E-state index >= 15 is 0 Å². The highest BCUT2D eigenvalue weighted by atomic mass is 16.4. The SMILES string of the molecule is CC(C)N(CC(=O)Nc1ccc(O)cc1)CC(O)CO.O=C(O)/C=C\C(=O)O. The number of aliphatic hydroxyl groups is 2. The van der Waals surface area contributed by atoms with E-state index in [0.717, 1.165) is 0 Å². The number of carboxylic acids is 2. The number of carbonyl (C=O) groups is 3. The van der Waals surface area contributed by atoms with E-state index in [1.807, 2.05) is 13.8 Å². The van der Waals surface area contributed by atoms with E-state index in [1.54, 1.807) is 17.0 Å². The Bertz CT molecular complexity index is 642. The number of hydrogen-bond acceptors (Lipinski definition) is 7. The fraction of sp³-hybridized carbons (Fsp3) is 0.389.